The molecule has 0 spiro atoms. The molecule has 0 saturated heterocycles. The average Bonchev–Trinajstić information content (AvgIpc) is 2.28. The standard InChI is InChI=1S/3C3H7NO.Al/c3*1-2-3(4)5;/h3*2H2,1H3,(H2,4,5);/q;;;+3/p-3. The summed E-state index contributed by atoms with van der Waals surface area (Å²) < 4.78 is 7.90. The Hall–Kier alpha value is -1.06. The highest BCUT2D eigenvalue weighted by Gasteiger charge is 2.29. The van der Waals surface area contributed by atoms with Gasteiger partial charge in [-0.3, -0.25) is 14.4 Å². The zero-order chi connectivity index (χ0) is 12.6. The zero-order valence-corrected chi connectivity index (χ0v) is 11.1. The largest absolute Gasteiger partial charge is 0.740 e. The van der Waals surface area contributed by atoms with E-state index in [1.165, 1.54) is 0 Å². The van der Waals surface area contributed by atoms with Gasteiger partial charge in [0.1, 0.15) is 0 Å². The minimum atomic E-state index is -2.26. The summed E-state index contributed by atoms with van der Waals surface area (Å²) in [6.45, 7) is 5.14. The highest BCUT2D eigenvalue weighted by Crippen LogP contribution is 1.81. The summed E-state index contributed by atoms with van der Waals surface area (Å²) in [7, 11) is 0. The first-order chi connectivity index (χ1) is 7.53. The van der Waals surface area contributed by atoms with Crippen LogP contribution >= 0.6 is 0 Å². The van der Waals surface area contributed by atoms with Gasteiger partial charge >= 0.3 is 14.8 Å². The van der Waals surface area contributed by atoms with Crippen molar-refractivity contribution in [3.05, 3.63) is 0 Å². The van der Waals surface area contributed by atoms with E-state index >= 15 is 0 Å². The van der Waals surface area contributed by atoms with Gasteiger partial charge in [0.2, 0.25) is 0 Å². The fourth-order valence-electron chi connectivity index (χ4n) is 0.897. The predicted octanol–water partition coefficient (Wildman–Crippen LogP) is -0.450. The molecule has 0 heterocycles. The van der Waals surface area contributed by atoms with Gasteiger partial charge in [0, 0.05) is 19.3 Å². The van der Waals surface area contributed by atoms with Crippen molar-refractivity contribution in [3.8, 4) is 0 Å². The molecule has 6 nitrogen and oxygen atoms in total. The summed E-state index contributed by atoms with van der Waals surface area (Å²) in [5, 5.41) is 0. The predicted molar refractivity (Wildman–Crippen MR) is 61.1 cm³/mol. The summed E-state index contributed by atoms with van der Waals surface area (Å²) in [6, 6.07) is 0. The molecular weight excluding hydrogens is 225 g/mol. The average molecular weight is 243 g/mol. The second-order valence-electron chi connectivity index (χ2n) is 3.20. The van der Waals surface area contributed by atoms with Crippen molar-refractivity contribution >= 4 is 32.5 Å². The Kier molecular flexibility index (Phi) is 7.60. The van der Waals surface area contributed by atoms with Crippen LogP contribution in [0.5, 0.6) is 0 Å². The van der Waals surface area contributed by atoms with Gasteiger partial charge in [-0.25, -0.2) is 0 Å². The van der Waals surface area contributed by atoms with Crippen molar-refractivity contribution in [1.29, 1.82) is 0 Å². The van der Waals surface area contributed by atoms with E-state index in [0.29, 0.717) is 19.3 Å². The molecule has 0 aromatic heterocycles. The van der Waals surface area contributed by atoms with E-state index < -0.39 is 14.8 Å². The SMILES string of the molecule is CCC(=O)[NH][Al]([NH]C(=O)CC)[NH]C(=O)CC. The molecule has 90 valence electrons. The van der Waals surface area contributed by atoms with Crippen LogP contribution in [0.4, 0.5) is 0 Å². The molecule has 0 unspecified atom stereocenters. The molecule has 3 N–H and O–H groups in total. The fourth-order valence-corrected chi connectivity index (χ4v) is 2.69. The Bertz CT molecular complexity index is 228. The van der Waals surface area contributed by atoms with Gasteiger partial charge in [0.15, 0.2) is 17.7 Å². The maximum atomic E-state index is 11.2. The van der Waals surface area contributed by atoms with E-state index in [0.717, 1.165) is 0 Å². The number of nitrogens with one attached hydrogen (secondary N) is 3. The van der Waals surface area contributed by atoms with Crippen LogP contribution in [0.2, 0.25) is 0 Å². The van der Waals surface area contributed by atoms with Crippen LogP contribution in [0.3, 0.4) is 0 Å². The van der Waals surface area contributed by atoms with Crippen LogP contribution in [0.1, 0.15) is 40.0 Å². The lowest BCUT2D eigenvalue weighted by atomic mass is 10.5. The molecule has 0 fully saturated rings. The lowest BCUT2D eigenvalue weighted by Gasteiger charge is -2.13. The second-order valence-corrected chi connectivity index (χ2v) is 4.93. The normalized spacial score (nSPS) is 9.19. The Balaban J connectivity index is 4.31. The van der Waals surface area contributed by atoms with E-state index in [-0.39, 0.29) is 17.7 Å². The smallest absolute Gasteiger partial charge is 0.409 e. The number of hydrogen-bond donors (Lipinski definition) is 3. The highest BCUT2D eigenvalue weighted by molar-refractivity contribution is 6.59. The van der Waals surface area contributed by atoms with Gasteiger partial charge < -0.3 is 12.9 Å². The number of carbonyl (C=O) groups excluding carboxylic acids is 3. The zero-order valence-electron chi connectivity index (χ0n) is 9.92. The van der Waals surface area contributed by atoms with Gasteiger partial charge in [-0.2, -0.15) is 0 Å². The van der Waals surface area contributed by atoms with Crippen LogP contribution in [-0.2, 0) is 14.4 Å². The third kappa shape index (κ3) is 6.43. The summed E-state index contributed by atoms with van der Waals surface area (Å²) in [6.07, 6.45) is 0.981. The van der Waals surface area contributed by atoms with E-state index in [1.54, 1.807) is 20.8 Å². The van der Waals surface area contributed by atoms with Crippen molar-refractivity contribution in [3.63, 3.8) is 0 Å². The fraction of sp³-hybridized carbons (Fsp3) is 0.667. The minimum Gasteiger partial charge on any atom is -0.409 e. The lowest BCUT2D eigenvalue weighted by Crippen LogP contribution is -2.62. The summed E-state index contributed by atoms with van der Waals surface area (Å²) in [5.74, 6) is -0.529. The Morgan fingerprint density at radius 1 is 0.750 bits per heavy atom. The molecular formula is C9H18AlN3O3. The molecule has 7 heteroatoms. The van der Waals surface area contributed by atoms with Crippen LogP contribution in [0.25, 0.3) is 0 Å². The molecule has 0 rings (SSSR count). The van der Waals surface area contributed by atoms with Crippen LogP contribution in [0, 0.1) is 0 Å². The number of amides is 3. The van der Waals surface area contributed by atoms with Gasteiger partial charge in [-0.1, -0.05) is 20.8 Å². The third-order valence-electron chi connectivity index (χ3n) is 1.88. The molecule has 3 amide bonds. The maximum Gasteiger partial charge on any atom is 0.740 e. The Morgan fingerprint density at radius 3 is 1.19 bits per heavy atom. The molecule has 0 aliphatic rings. The molecule has 16 heavy (non-hydrogen) atoms. The van der Waals surface area contributed by atoms with Gasteiger partial charge in [0.25, 0.3) is 0 Å². The maximum absolute atomic E-state index is 11.2. The molecule has 0 bridgehead atoms. The van der Waals surface area contributed by atoms with Gasteiger partial charge in [-0.15, -0.1) is 0 Å². The van der Waals surface area contributed by atoms with Crippen molar-refractivity contribution in [2.75, 3.05) is 0 Å². The number of hydrogen-bond acceptors (Lipinski definition) is 3. The number of carbonyl (C=O) groups is 3. The second kappa shape index (κ2) is 8.14. The van der Waals surface area contributed by atoms with Gasteiger partial charge in [-0.05, 0) is 0 Å². The Labute approximate surface area is 100 Å². The lowest BCUT2D eigenvalue weighted by molar-refractivity contribution is -0.119. The van der Waals surface area contributed by atoms with Crippen molar-refractivity contribution in [2.45, 2.75) is 40.0 Å². The minimum absolute atomic E-state index is 0.176. The molecule has 0 aliphatic heterocycles. The first-order valence-electron chi connectivity index (χ1n) is 5.41. The van der Waals surface area contributed by atoms with Crippen LogP contribution < -0.4 is 12.9 Å². The van der Waals surface area contributed by atoms with Gasteiger partial charge in [0.05, 0.1) is 0 Å². The summed E-state index contributed by atoms with van der Waals surface area (Å²) in [4.78, 5) is 33.5. The molecule has 0 saturated carbocycles. The molecule has 0 radical (unpaired) electrons. The summed E-state index contributed by atoms with van der Waals surface area (Å²) in [5.41, 5.74) is 0. The highest BCUT2D eigenvalue weighted by atomic mass is 27.2. The number of rotatable bonds is 6. The van der Waals surface area contributed by atoms with Crippen LogP contribution in [-0.4, -0.2) is 32.5 Å². The topological polar surface area (TPSA) is 87.3 Å². The Morgan fingerprint density at radius 2 is 1.00 bits per heavy atom. The first kappa shape index (κ1) is 14.9. The third-order valence-corrected chi connectivity index (χ3v) is 3.71. The quantitative estimate of drug-likeness (QED) is 0.552. The molecule has 0 aromatic rings. The van der Waals surface area contributed by atoms with E-state index in [2.05, 4.69) is 12.9 Å². The van der Waals surface area contributed by atoms with E-state index in [1.807, 2.05) is 0 Å². The van der Waals surface area contributed by atoms with E-state index in [9.17, 15) is 14.4 Å². The molecule has 0 aliphatic carbocycles. The van der Waals surface area contributed by atoms with Crippen molar-refractivity contribution < 1.29 is 14.4 Å². The van der Waals surface area contributed by atoms with Crippen LogP contribution in [0.15, 0.2) is 0 Å². The van der Waals surface area contributed by atoms with Crippen molar-refractivity contribution in [2.24, 2.45) is 0 Å². The first-order valence-corrected chi connectivity index (χ1v) is 7.14. The van der Waals surface area contributed by atoms with E-state index in [4.69, 9.17) is 0 Å². The van der Waals surface area contributed by atoms with Crippen molar-refractivity contribution in [1.82, 2.24) is 12.9 Å². The molecule has 0 atom stereocenters. The summed E-state index contributed by atoms with van der Waals surface area (Å²) >= 11 is -2.26. The molecule has 0 aromatic carbocycles. The monoisotopic (exact) mass is 243 g/mol.